The van der Waals surface area contributed by atoms with Crippen LogP contribution >= 0.6 is 0 Å². The highest BCUT2D eigenvalue weighted by atomic mass is 16.5. The van der Waals surface area contributed by atoms with Crippen LogP contribution in [0.1, 0.15) is 72.6 Å². The van der Waals surface area contributed by atoms with E-state index in [4.69, 9.17) is 19.4 Å². The third kappa shape index (κ3) is 8.32. The van der Waals surface area contributed by atoms with Gasteiger partial charge in [0.2, 0.25) is 0 Å². The fourth-order valence-corrected chi connectivity index (χ4v) is 9.70. The Hall–Kier alpha value is -7.55. The Labute approximate surface area is 381 Å². The molecule has 14 heteroatoms. The number of aromatic nitrogens is 4. The highest BCUT2D eigenvalue weighted by molar-refractivity contribution is 5.93. The number of amides is 3. The number of rotatable bonds is 11. The molecule has 0 saturated carbocycles. The van der Waals surface area contributed by atoms with Gasteiger partial charge in [-0.25, -0.2) is 19.6 Å². The van der Waals surface area contributed by atoms with Crippen LogP contribution in [0.15, 0.2) is 133 Å². The van der Waals surface area contributed by atoms with E-state index in [2.05, 4.69) is 81.3 Å². The summed E-state index contributed by atoms with van der Waals surface area (Å²) >= 11 is 0. The number of aromatic amines is 2. The smallest absolute Gasteiger partial charge is 0.407 e. The Morgan fingerprint density at radius 3 is 1.71 bits per heavy atom. The number of likely N-dealkylation sites (tertiary alicyclic amines) is 2. The van der Waals surface area contributed by atoms with Crippen LogP contribution < -0.4 is 10.6 Å². The van der Waals surface area contributed by atoms with E-state index >= 15 is 0 Å². The molecule has 2 aliphatic rings. The number of benzene rings is 6. The molecular formula is C52H50N8O6. The van der Waals surface area contributed by atoms with Crippen LogP contribution in [0, 0.1) is 0 Å². The zero-order chi connectivity index (χ0) is 45.3. The van der Waals surface area contributed by atoms with E-state index in [1.165, 1.54) is 14.2 Å². The third-order valence-corrected chi connectivity index (χ3v) is 13.1. The Morgan fingerprint density at radius 2 is 1.12 bits per heavy atom. The molecule has 10 rings (SSSR count). The number of aliphatic hydroxyl groups is 1. The maximum Gasteiger partial charge on any atom is 0.407 e. The summed E-state index contributed by atoms with van der Waals surface area (Å²) in [5.41, 5.74) is 9.14. The summed E-state index contributed by atoms with van der Waals surface area (Å²) in [4.78, 5) is 59.5. The molecule has 2 saturated heterocycles. The van der Waals surface area contributed by atoms with Crippen molar-refractivity contribution in [3.63, 3.8) is 0 Å². The van der Waals surface area contributed by atoms with E-state index in [9.17, 15) is 19.5 Å². The molecule has 5 N–H and O–H groups in total. The molecule has 334 valence electrons. The van der Waals surface area contributed by atoms with Crippen molar-refractivity contribution < 1.29 is 29.0 Å². The second-order valence-electron chi connectivity index (χ2n) is 17.0. The van der Waals surface area contributed by atoms with Crippen molar-refractivity contribution in [2.75, 3.05) is 27.3 Å². The van der Waals surface area contributed by atoms with Crippen molar-refractivity contribution in [1.29, 1.82) is 0 Å². The van der Waals surface area contributed by atoms with Crippen molar-refractivity contribution >= 4 is 50.9 Å². The topological polar surface area (TPSA) is 178 Å². The zero-order valence-corrected chi connectivity index (χ0v) is 36.6. The molecule has 2 aliphatic heterocycles. The number of hydrogen-bond acceptors (Lipinski definition) is 9. The molecule has 3 amide bonds. The van der Waals surface area contributed by atoms with Crippen LogP contribution in [0.25, 0.3) is 55.1 Å². The minimum Gasteiger partial charge on any atom is -0.453 e. The molecule has 8 aromatic rings. The monoisotopic (exact) mass is 882 g/mol. The Kier molecular flexibility index (Phi) is 11.7. The maximum absolute atomic E-state index is 14.0. The van der Waals surface area contributed by atoms with Gasteiger partial charge in [-0.05, 0) is 106 Å². The predicted octanol–water partition coefficient (Wildman–Crippen LogP) is 9.24. The number of nitrogens with zero attached hydrogens (tertiary/aromatic N) is 4. The molecule has 2 fully saturated rings. The van der Waals surface area contributed by atoms with Gasteiger partial charge in [-0.15, -0.1) is 0 Å². The van der Waals surface area contributed by atoms with Gasteiger partial charge in [0.1, 0.15) is 23.9 Å². The van der Waals surface area contributed by atoms with Crippen molar-refractivity contribution in [3.8, 4) is 22.3 Å². The first-order chi connectivity index (χ1) is 32.2. The molecular weight excluding hydrogens is 833 g/mol. The highest BCUT2D eigenvalue weighted by Gasteiger charge is 2.39. The lowest BCUT2D eigenvalue weighted by molar-refractivity contribution is -0.134. The van der Waals surface area contributed by atoms with Crippen molar-refractivity contribution in [1.82, 2.24) is 40.4 Å². The van der Waals surface area contributed by atoms with Crippen LogP contribution in [0.3, 0.4) is 0 Å². The zero-order valence-electron chi connectivity index (χ0n) is 36.6. The lowest BCUT2D eigenvalue weighted by atomic mass is 9.97. The molecule has 0 radical (unpaired) electrons. The van der Waals surface area contributed by atoms with Crippen LogP contribution in [0.5, 0.6) is 0 Å². The van der Waals surface area contributed by atoms with Gasteiger partial charge in [0.05, 0.1) is 54.4 Å². The first-order valence-corrected chi connectivity index (χ1v) is 22.3. The van der Waals surface area contributed by atoms with Gasteiger partial charge in [-0.1, -0.05) is 97.1 Å². The van der Waals surface area contributed by atoms with E-state index in [-0.39, 0.29) is 18.0 Å². The summed E-state index contributed by atoms with van der Waals surface area (Å²) in [7, 11) is 2.60. The minimum absolute atomic E-state index is 0.169. The van der Waals surface area contributed by atoms with Gasteiger partial charge in [-0.3, -0.25) is 9.69 Å². The van der Waals surface area contributed by atoms with Crippen molar-refractivity contribution in [2.24, 2.45) is 0 Å². The fourth-order valence-electron chi connectivity index (χ4n) is 9.70. The summed E-state index contributed by atoms with van der Waals surface area (Å²) in [5, 5.41) is 19.5. The number of carbonyl (C=O) groups excluding carboxylic acids is 3. The number of imidazole rings is 2. The molecule has 6 aromatic carbocycles. The van der Waals surface area contributed by atoms with Crippen LogP contribution in [-0.2, 0) is 14.3 Å². The quantitative estimate of drug-likeness (QED) is 0.0847. The molecule has 1 unspecified atom stereocenters. The average molecular weight is 883 g/mol. The standard InChI is InChI=1S/C52H50N8O6/c1-65-51(63)57-45(31-11-5-3-6-12-31)49(61)59-25-9-15-43(59)47-53-39-23-21-37(29-41(39)55-47)35-19-17-34-28-36(20-18-33(34)27-35)38-22-24-40-42(30-38)56-48(54-40)44-16-10-26-60(44)50(62)46(58-52(64)66-2)32-13-7-4-8-14-32/h3-8,11-14,17-24,27-30,43-46,49,61H,9-10,15-16,25-26H2,1-2H3,(H,53,55)(H,54,56)(H,57,63)(H,58,64)/t43-,44-,45+,46+,49?/m0/s1. The van der Waals surface area contributed by atoms with E-state index < -0.39 is 30.5 Å². The molecule has 0 spiro atoms. The number of ether oxygens (including phenoxy) is 2. The van der Waals surface area contributed by atoms with Gasteiger partial charge in [0.15, 0.2) is 0 Å². The number of fused-ring (bicyclic) bond motifs is 3. The minimum atomic E-state index is -1.01. The SMILES string of the molecule is COC(=O)N[C@H](c1ccccc1)C(O)N1CCC[C@H]1c1nc2ccc(-c3ccc4cc(-c5ccc6nc([C@@H]7CCCN7C(=O)[C@H](NC(=O)OC)c7ccccc7)[nH]c6c5)ccc4c3)cc2[nH]1. The molecule has 14 nitrogen and oxygen atoms in total. The Balaban J connectivity index is 0.859. The number of H-pyrrole nitrogens is 2. The molecule has 2 aromatic heterocycles. The lowest BCUT2D eigenvalue weighted by Crippen LogP contribution is -2.46. The van der Waals surface area contributed by atoms with Gasteiger partial charge in [-0.2, -0.15) is 0 Å². The van der Waals surface area contributed by atoms with Crippen molar-refractivity contribution in [2.45, 2.75) is 56.1 Å². The van der Waals surface area contributed by atoms with Crippen LogP contribution in [0.2, 0.25) is 0 Å². The van der Waals surface area contributed by atoms with Crippen LogP contribution in [-0.4, -0.2) is 86.5 Å². The first kappa shape index (κ1) is 42.4. The average Bonchev–Trinajstić information content (AvgIpc) is 4.20. The van der Waals surface area contributed by atoms with Crippen LogP contribution in [0.4, 0.5) is 9.59 Å². The summed E-state index contributed by atoms with van der Waals surface area (Å²) < 4.78 is 9.76. The second-order valence-corrected chi connectivity index (χ2v) is 17.0. The number of alkyl carbamates (subject to hydrolysis) is 2. The maximum atomic E-state index is 14.0. The number of methoxy groups -OCH3 is 2. The Bertz CT molecular complexity index is 3060. The fraction of sp³-hybridized carbons (Fsp3) is 0.250. The van der Waals surface area contributed by atoms with Crippen molar-refractivity contribution in [3.05, 3.63) is 156 Å². The number of aliphatic hydroxyl groups excluding tert-OH is 1. The third-order valence-electron chi connectivity index (χ3n) is 13.1. The number of carbonyl (C=O) groups is 3. The second kappa shape index (κ2) is 18.1. The number of hydrogen-bond donors (Lipinski definition) is 5. The summed E-state index contributed by atoms with van der Waals surface area (Å²) in [6, 6.07) is 42.0. The molecule has 0 bridgehead atoms. The molecule has 66 heavy (non-hydrogen) atoms. The summed E-state index contributed by atoms with van der Waals surface area (Å²) in [6.45, 7) is 1.20. The van der Waals surface area contributed by atoms with Gasteiger partial charge >= 0.3 is 12.2 Å². The van der Waals surface area contributed by atoms with Gasteiger partial charge in [0, 0.05) is 13.1 Å². The molecule has 0 aliphatic carbocycles. The van der Waals surface area contributed by atoms with E-state index in [1.54, 1.807) is 0 Å². The molecule has 5 atom stereocenters. The highest BCUT2D eigenvalue weighted by Crippen LogP contribution is 2.38. The Morgan fingerprint density at radius 1 is 0.621 bits per heavy atom. The largest absolute Gasteiger partial charge is 0.453 e. The van der Waals surface area contributed by atoms with E-state index in [1.807, 2.05) is 82.6 Å². The van der Waals surface area contributed by atoms with E-state index in [0.717, 1.165) is 98.0 Å². The summed E-state index contributed by atoms with van der Waals surface area (Å²) in [6.07, 6.45) is 0.967. The van der Waals surface area contributed by atoms with Gasteiger partial charge in [0.25, 0.3) is 5.91 Å². The van der Waals surface area contributed by atoms with Gasteiger partial charge < -0.3 is 40.1 Å². The number of nitrogens with one attached hydrogen (secondary N) is 4. The molecule has 4 heterocycles. The first-order valence-electron chi connectivity index (χ1n) is 22.3. The normalized spacial score (nSPS) is 17.8. The van der Waals surface area contributed by atoms with E-state index in [0.29, 0.717) is 18.7 Å². The summed E-state index contributed by atoms with van der Waals surface area (Å²) in [5.74, 6) is 1.28. The predicted molar refractivity (Wildman–Crippen MR) is 252 cm³/mol. The lowest BCUT2D eigenvalue weighted by Gasteiger charge is -2.34.